The maximum Gasteiger partial charge on any atom is 0.324 e. The second-order valence-electron chi connectivity index (χ2n) is 2.41. The van der Waals surface area contributed by atoms with Crippen molar-refractivity contribution in [1.82, 2.24) is 0 Å². The van der Waals surface area contributed by atoms with Crippen LogP contribution in [-0.4, -0.2) is 13.1 Å². The third kappa shape index (κ3) is 2.28. The van der Waals surface area contributed by atoms with E-state index < -0.39 is 16.6 Å². The smallest absolute Gasteiger partial charge is 0.324 e. The number of alkyl halides is 1. The Labute approximate surface area is 83.8 Å². The van der Waals surface area contributed by atoms with Crippen molar-refractivity contribution in [3.8, 4) is 0 Å². The molecule has 0 spiro atoms. The fourth-order valence-corrected chi connectivity index (χ4v) is 1.47. The normalized spacial score (nSPS) is 12.2. The van der Waals surface area contributed by atoms with Crippen molar-refractivity contribution in [2.45, 2.75) is 4.83 Å². The molecule has 0 aliphatic heterocycles. The third-order valence-corrected chi connectivity index (χ3v) is 2.45. The number of halogens is 2. The van der Waals surface area contributed by atoms with Gasteiger partial charge in [-0.05, 0) is 6.07 Å². The molecule has 70 valence electrons. The first-order valence-corrected chi connectivity index (χ1v) is 4.54. The van der Waals surface area contributed by atoms with Gasteiger partial charge in [0, 0.05) is 5.56 Å². The van der Waals surface area contributed by atoms with Gasteiger partial charge in [-0.2, -0.15) is 0 Å². The number of ether oxygens (including phenoxy) is 1. The highest BCUT2D eigenvalue weighted by molar-refractivity contribution is 9.09. The van der Waals surface area contributed by atoms with Gasteiger partial charge in [0.25, 0.3) is 0 Å². The number of hydrogen-bond acceptors (Lipinski definition) is 2. The van der Waals surface area contributed by atoms with Crippen LogP contribution >= 0.6 is 15.9 Å². The average Bonchev–Trinajstić information content (AvgIpc) is 2.16. The SMILES string of the molecule is COC(=O)[C@H](Br)c1ccccc1F. The molecule has 0 amide bonds. The Bertz CT molecular complexity index is 314. The van der Waals surface area contributed by atoms with Gasteiger partial charge in [-0.15, -0.1) is 0 Å². The summed E-state index contributed by atoms with van der Waals surface area (Å²) in [7, 11) is 1.26. The van der Waals surface area contributed by atoms with Gasteiger partial charge in [-0.3, -0.25) is 4.79 Å². The summed E-state index contributed by atoms with van der Waals surface area (Å²) in [6, 6.07) is 6.06. The number of esters is 1. The molecule has 1 aromatic carbocycles. The van der Waals surface area contributed by atoms with E-state index in [9.17, 15) is 9.18 Å². The predicted molar refractivity (Wildman–Crippen MR) is 50.1 cm³/mol. The Balaban J connectivity index is 2.95. The van der Waals surface area contributed by atoms with Crippen LogP contribution in [0.5, 0.6) is 0 Å². The van der Waals surface area contributed by atoms with Crippen molar-refractivity contribution in [2.24, 2.45) is 0 Å². The van der Waals surface area contributed by atoms with Crippen LogP contribution in [0.25, 0.3) is 0 Å². The monoisotopic (exact) mass is 246 g/mol. The summed E-state index contributed by atoms with van der Waals surface area (Å²) in [4.78, 5) is 10.3. The molecule has 0 radical (unpaired) electrons. The van der Waals surface area contributed by atoms with Gasteiger partial charge in [0.05, 0.1) is 7.11 Å². The Morgan fingerprint density at radius 3 is 2.69 bits per heavy atom. The largest absolute Gasteiger partial charge is 0.468 e. The first kappa shape index (κ1) is 10.2. The molecular weight excluding hydrogens is 239 g/mol. The van der Waals surface area contributed by atoms with Gasteiger partial charge < -0.3 is 4.74 Å². The molecule has 0 bridgehead atoms. The molecular formula is C9H8BrFO2. The Morgan fingerprint density at radius 2 is 2.15 bits per heavy atom. The summed E-state index contributed by atoms with van der Waals surface area (Å²) in [5.41, 5.74) is 0.286. The second kappa shape index (κ2) is 4.37. The molecule has 0 saturated heterocycles. The quantitative estimate of drug-likeness (QED) is 0.592. The van der Waals surface area contributed by atoms with E-state index in [0.717, 1.165) is 0 Å². The summed E-state index contributed by atoms with van der Waals surface area (Å²) in [5, 5.41) is 0. The predicted octanol–water partition coefficient (Wildman–Crippen LogP) is 2.43. The van der Waals surface area contributed by atoms with Gasteiger partial charge in [0.2, 0.25) is 0 Å². The first-order valence-electron chi connectivity index (χ1n) is 3.63. The molecule has 0 heterocycles. The first-order chi connectivity index (χ1) is 6.16. The van der Waals surface area contributed by atoms with E-state index in [1.54, 1.807) is 12.1 Å². The molecule has 0 saturated carbocycles. The fraction of sp³-hybridized carbons (Fsp3) is 0.222. The van der Waals surface area contributed by atoms with Crippen molar-refractivity contribution >= 4 is 21.9 Å². The number of carbonyl (C=O) groups is 1. The van der Waals surface area contributed by atoms with Crippen molar-refractivity contribution in [2.75, 3.05) is 7.11 Å². The molecule has 0 unspecified atom stereocenters. The maximum atomic E-state index is 13.1. The van der Waals surface area contributed by atoms with Crippen molar-refractivity contribution < 1.29 is 13.9 Å². The van der Waals surface area contributed by atoms with Gasteiger partial charge in [0.1, 0.15) is 10.6 Å². The van der Waals surface area contributed by atoms with E-state index in [2.05, 4.69) is 20.7 Å². The summed E-state index contributed by atoms with van der Waals surface area (Å²) in [6.45, 7) is 0. The summed E-state index contributed by atoms with van der Waals surface area (Å²) < 4.78 is 17.6. The highest BCUT2D eigenvalue weighted by Crippen LogP contribution is 2.25. The second-order valence-corrected chi connectivity index (χ2v) is 3.32. The number of benzene rings is 1. The Kier molecular flexibility index (Phi) is 3.42. The lowest BCUT2D eigenvalue weighted by Gasteiger charge is -2.07. The van der Waals surface area contributed by atoms with Crippen LogP contribution in [-0.2, 0) is 9.53 Å². The van der Waals surface area contributed by atoms with Crippen LogP contribution in [0.1, 0.15) is 10.4 Å². The van der Waals surface area contributed by atoms with Crippen LogP contribution in [0.3, 0.4) is 0 Å². The molecule has 0 aliphatic rings. The third-order valence-electron chi connectivity index (χ3n) is 1.59. The van der Waals surface area contributed by atoms with Crippen LogP contribution in [0.15, 0.2) is 24.3 Å². The van der Waals surface area contributed by atoms with Crippen molar-refractivity contribution in [3.05, 3.63) is 35.6 Å². The topological polar surface area (TPSA) is 26.3 Å². The zero-order chi connectivity index (χ0) is 9.84. The molecule has 2 nitrogen and oxygen atoms in total. The van der Waals surface area contributed by atoms with E-state index in [1.165, 1.54) is 19.2 Å². The highest BCUT2D eigenvalue weighted by atomic mass is 79.9. The van der Waals surface area contributed by atoms with Crippen LogP contribution in [0.4, 0.5) is 4.39 Å². The van der Waals surface area contributed by atoms with Crippen LogP contribution in [0.2, 0.25) is 0 Å². The van der Waals surface area contributed by atoms with Gasteiger partial charge in [0.15, 0.2) is 0 Å². The van der Waals surface area contributed by atoms with Crippen molar-refractivity contribution in [3.63, 3.8) is 0 Å². The maximum absolute atomic E-state index is 13.1. The fourth-order valence-electron chi connectivity index (χ4n) is 0.911. The van der Waals surface area contributed by atoms with E-state index in [0.29, 0.717) is 0 Å². The highest BCUT2D eigenvalue weighted by Gasteiger charge is 2.20. The molecule has 1 rings (SSSR count). The molecule has 0 N–H and O–H groups in total. The van der Waals surface area contributed by atoms with E-state index in [4.69, 9.17) is 0 Å². The van der Waals surface area contributed by atoms with E-state index in [-0.39, 0.29) is 5.56 Å². The minimum Gasteiger partial charge on any atom is -0.468 e. The van der Waals surface area contributed by atoms with Gasteiger partial charge in [-0.1, -0.05) is 34.1 Å². The standard InChI is InChI=1S/C9H8BrFO2/c1-13-9(12)8(10)6-4-2-3-5-7(6)11/h2-5,8H,1H3/t8-/m1/s1. The number of carbonyl (C=O) groups excluding carboxylic acids is 1. The lowest BCUT2D eigenvalue weighted by atomic mass is 10.1. The van der Waals surface area contributed by atoms with E-state index >= 15 is 0 Å². The lowest BCUT2D eigenvalue weighted by Crippen LogP contribution is -2.09. The Hall–Kier alpha value is -0.900. The number of rotatable bonds is 2. The summed E-state index contributed by atoms with van der Waals surface area (Å²) in [5.74, 6) is -0.931. The molecule has 1 atom stereocenters. The molecule has 0 aromatic heterocycles. The lowest BCUT2D eigenvalue weighted by molar-refractivity contribution is -0.139. The van der Waals surface area contributed by atoms with E-state index in [1.807, 2.05) is 0 Å². The minimum atomic E-state index is -0.737. The van der Waals surface area contributed by atoms with Crippen molar-refractivity contribution in [1.29, 1.82) is 0 Å². The van der Waals surface area contributed by atoms with Crippen LogP contribution in [0, 0.1) is 5.82 Å². The number of methoxy groups -OCH3 is 1. The average molecular weight is 247 g/mol. The minimum absolute atomic E-state index is 0.286. The summed E-state index contributed by atoms with van der Waals surface area (Å²) in [6.07, 6.45) is 0. The molecule has 13 heavy (non-hydrogen) atoms. The zero-order valence-electron chi connectivity index (χ0n) is 6.96. The molecule has 4 heteroatoms. The van der Waals surface area contributed by atoms with Crippen LogP contribution < -0.4 is 0 Å². The van der Waals surface area contributed by atoms with Gasteiger partial charge >= 0.3 is 5.97 Å². The zero-order valence-corrected chi connectivity index (χ0v) is 8.55. The Morgan fingerprint density at radius 1 is 1.54 bits per heavy atom. The molecule has 1 aromatic rings. The molecule has 0 aliphatic carbocycles. The number of hydrogen-bond donors (Lipinski definition) is 0. The summed E-state index contributed by atoms with van der Waals surface area (Å²) >= 11 is 3.05. The van der Waals surface area contributed by atoms with Gasteiger partial charge in [-0.25, -0.2) is 4.39 Å². The molecule has 0 fully saturated rings.